The summed E-state index contributed by atoms with van der Waals surface area (Å²) >= 11 is 0. The van der Waals surface area contributed by atoms with Crippen LogP contribution in [0.25, 0.3) is 93.3 Å². The third-order valence-electron chi connectivity index (χ3n) is 11.4. The van der Waals surface area contributed by atoms with Crippen molar-refractivity contribution < 1.29 is 8.83 Å². The van der Waals surface area contributed by atoms with Gasteiger partial charge in [0.15, 0.2) is 0 Å². The first-order chi connectivity index (χ1) is 27.8. The van der Waals surface area contributed by atoms with Gasteiger partial charge in [-0.2, -0.15) is 0 Å². The van der Waals surface area contributed by atoms with E-state index in [1.807, 2.05) is 12.1 Å². The van der Waals surface area contributed by atoms with Crippen LogP contribution in [0.2, 0.25) is 0 Å². The maximum atomic E-state index is 6.70. The SMILES string of the molecule is c1cc(N(c2ccc(-c3ccc4oc5ccccc5c4c3)cc2)c2cccc3oc4c5ccccc5ccc4c23)cc(-n2c3ccccc3c3ccccc32)c1. The van der Waals surface area contributed by atoms with Gasteiger partial charge in [0.2, 0.25) is 0 Å². The number of para-hydroxylation sites is 3. The number of rotatable bonds is 5. The van der Waals surface area contributed by atoms with E-state index in [9.17, 15) is 0 Å². The highest BCUT2D eigenvalue weighted by Crippen LogP contribution is 2.45. The van der Waals surface area contributed by atoms with Crippen molar-refractivity contribution in [2.24, 2.45) is 0 Å². The maximum Gasteiger partial charge on any atom is 0.143 e. The molecule has 4 nitrogen and oxygen atoms in total. The van der Waals surface area contributed by atoms with Gasteiger partial charge in [0.25, 0.3) is 0 Å². The summed E-state index contributed by atoms with van der Waals surface area (Å²) in [4.78, 5) is 2.38. The van der Waals surface area contributed by atoms with Crippen LogP contribution in [0, 0.1) is 0 Å². The minimum Gasteiger partial charge on any atom is -0.456 e. The smallest absolute Gasteiger partial charge is 0.143 e. The molecule has 0 atom stereocenters. The van der Waals surface area contributed by atoms with Gasteiger partial charge in [0.1, 0.15) is 22.3 Å². The van der Waals surface area contributed by atoms with Crippen molar-refractivity contribution in [3.63, 3.8) is 0 Å². The molecule has 0 saturated carbocycles. The van der Waals surface area contributed by atoms with Gasteiger partial charge in [-0.1, -0.05) is 115 Å². The van der Waals surface area contributed by atoms with Gasteiger partial charge in [-0.15, -0.1) is 0 Å². The van der Waals surface area contributed by atoms with E-state index in [2.05, 4.69) is 191 Å². The molecule has 262 valence electrons. The van der Waals surface area contributed by atoms with Gasteiger partial charge in [0.05, 0.1) is 22.1 Å². The quantitative estimate of drug-likeness (QED) is 0.178. The molecule has 0 bridgehead atoms. The first kappa shape index (κ1) is 30.9. The number of hydrogen-bond acceptors (Lipinski definition) is 3. The van der Waals surface area contributed by atoms with E-state index >= 15 is 0 Å². The van der Waals surface area contributed by atoms with Crippen LogP contribution >= 0.6 is 0 Å². The standard InChI is InChI=1S/C52H32N2O2/c1-2-14-39-34(11-1)25-29-43-51-47(20-10-22-50(51)56-52(39)43)53(36-27-23-33(24-28-36)35-26-30-49-44(31-35)42-17-5-8-21-48(42)55-49)37-12-9-13-38(32-37)54-45-18-6-3-15-40(45)41-16-4-7-19-46(41)54/h1-32H. The third kappa shape index (κ3) is 4.60. The number of furan rings is 2. The molecule has 12 rings (SSSR count). The number of anilines is 3. The van der Waals surface area contributed by atoms with Crippen molar-refractivity contribution in [1.82, 2.24) is 4.57 Å². The van der Waals surface area contributed by atoms with Crippen LogP contribution in [0.15, 0.2) is 203 Å². The molecule has 3 aromatic heterocycles. The second-order valence-electron chi connectivity index (χ2n) is 14.5. The van der Waals surface area contributed by atoms with Crippen molar-refractivity contribution in [1.29, 1.82) is 0 Å². The number of nitrogens with zero attached hydrogens (tertiary/aromatic N) is 2. The molecular weight excluding hydrogens is 685 g/mol. The van der Waals surface area contributed by atoms with Crippen LogP contribution in [0.5, 0.6) is 0 Å². The van der Waals surface area contributed by atoms with Crippen molar-refractivity contribution >= 4 is 93.5 Å². The van der Waals surface area contributed by atoms with Crippen molar-refractivity contribution in [2.75, 3.05) is 4.90 Å². The average molecular weight is 717 g/mol. The van der Waals surface area contributed by atoms with Gasteiger partial charge in [0, 0.05) is 49.4 Å². The van der Waals surface area contributed by atoms with Crippen LogP contribution < -0.4 is 4.90 Å². The molecule has 0 saturated heterocycles. The third-order valence-corrected chi connectivity index (χ3v) is 11.4. The van der Waals surface area contributed by atoms with E-state index in [0.29, 0.717) is 0 Å². The molecule has 0 aliphatic carbocycles. The first-order valence-corrected chi connectivity index (χ1v) is 19.0. The molecule has 0 unspecified atom stereocenters. The fraction of sp³-hybridized carbons (Fsp3) is 0. The summed E-state index contributed by atoms with van der Waals surface area (Å²) in [6, 6.07) is 69.1. The van der Waals surface area contributed by atoms with Gasteiger partial charge in [-0.3, -0.25) is 0 Å². The van der Waals surface area contributed by atoms with E-state index in [0.717, 1.165) is 88.5 Å². The second-order valence-corrected chi connectivity index (χ2v) is 14.5. The Morgan fingerprint density at radius 3 is 1.86 bits per heavy atom. The zero-order chi connectivity index (χ0) is 36.7. The summed E-state index contributed by atoms with van der Waals surface area (Å²) in [6.45, 7) is 0. The Morgan fingerprint density at radius 1 is 0.375 bits per heavy atom. The lowest BCUT2D eigenvalue weighted by Gasteiger charge is -2.27. The zero-order valence-electron chi connectivity index (χ0n) is 30.2. The molecule has 0 fully saturated rings. The normalized spacial score (nSPS) is 11.9. The molecule has 0 spiro atoms. The molecule has 0 amide bonds. The minimum absolute atomic E-state index is 0.856. The van der Waals surface area contributed by atoms with Crippen LogP contribution in [0.1, 0.15) is 0 Å². The highest BCUT2D eigenvalue weighted by atomic mass is 16.3. The van der Waals surface area contributed by atoms with Gasteiger partial charge >= 0.3 is 0 Å². The van der Waals surface area contributed by atoms with Crippen LogP contribution in [-0.4, -0.2) is 4.57 Å². The fourth-order valence-corrected chi connectivity index (χ4v) is 8.83. The molecule has 0 aliphatic heterocycles. The number of hydrogen-bond donors (Lipinski definition) is 0. The Labute approximate surface area is 321 Å². The lowest BCUT2D eigenvalue weighted by atomic mass is 10.0. The Kier molecular flexibility index (Phi) is 6.60. The Balaban J connectivity index is 1.07. The summed E-state index contributed by atoms with van der Waals surface area (Å²) in [7, 11) is 0. The van der Waals surface area contributed by atoms with Crippen molar-refractivity contribution in [3.8, 4) is 16.8 Å². The maximum absolute atomic E-state index is 6.70. The monoisotopic (exact) mass is 716 g/mol. The number of fused-ring (bicyclic) bond motifs is 11. The summed E-state index contributed by atoms with van der Waals surface area (Å²) < 4.78 is 15.2. The van der Waals surface area contributed by atoms with Crippen LogP contribution in [0.4, 0.5) is 17.1 Å². The second kappa shape index (κ2) is 12.0. The fourth-order valence-electron chi connectivity index (χ4n) is 8.83. The van der Waals surface area contributed by atoms with Crippen molar-refractivity contribution in [3.05, 3.63) is 194 Å². The molecule has 0 N–H and O–H groups in total. The van der Waals surface area contributed by atoms with Crippen LogP contribution in [-0.2, 0) is 0 Å². The largest absolute Gasteiger partial charge is 0.456 e. The van der Waals surface area contributed by atoms with Gasteiger partial charge < -0.3 is 18.3 Å². The molecule has 12 aromatic rings. The summed E-state index contributed by atoms with van der Waals surface area (Å²) in [5.74, 6) is 0. The zero-order valence-corrected chi connectivity index (χ0v) is 30.2. The minimum atomic E-state index is 0.856. The lowest BCUT2D eigenvalue weighted by molar-refractivity contribution is 0.669. The lowest BCUT2D eigenvalue weighted by Crippen LogP contribution is -2.11. The van der Waals surface area contributed by atoms with Crippen molar-refractivity contribution in [2.45, 2.75) is 0 Å². The summed E-state index contributed by atoms with van der Waals surface area (Å²) in [6.07, 6.45) is 0. The van der Waals surface area contributed by atoms with Gasteiger partial charge in [-0.25, -0.2) is 0 Å². The van der Waals surface area contributed by atoms with E-state index in [4.69, 9.17) is 8.83 Å². The van der Waals surface area contributed by atoms with Crippen LogP contribution in [0.3, 0.4) is 0 Å². The first-order valence-electron chi connectivity index (χ1n) is 19.0. The van der Waals surface area contributed by atoms with E-state index in [-0.39, 0.29) is 0 Å². The Morgan fingerprint density at radius 2 is 1.04 bits per heavy atom. The molecule has 56 heavy (non-hydrogen) atoms. The molecule has 0 aliphatic rings. The molecular formula is C52H32N2O2. The number of aromatic nitrogens is 1. The Hall–Kier alpha value is -7.56. The highest BCUT2D eigenvalue weighted by molar-refractivity contribution is 6.19. The molecule has 0 radical (unpaired) electrons. The predicted molar refractivity (Wildman–Crippen MR) is 233 cm³/mol. The highest BCUT2D eigenvalue weighted by Gasteiger charge is 2.22. The summed E-state index contributed by atoms with van der Waals surface area (Å²) in [5, 5.41) is 9.17. The molecule has 9 aromatic carbocycles. The van der Waals surface area contributed by atoms with E-state index in [1.54, 1.807) is 0 Å². The molecule has 4 heteroatoms. The summed E-state index contributed by atoms with van der Waals surface area (Å²) in [5.41, 5.74) is 12.4. The molecule has 3 heterocycles. The van der Waals surface area contributed by atoms with E-state index < -0.39 is 0 Å². The Bertz CT molecular complexity index is 3440. The average Bonchev–Trinajstić information content (AvgIpc) is 3.94. The number of benzene rings is 9. The van der Waals surface area contributed by atoms with Gasteiger partial charge in [-0.05, 0) is 95.4 Å². The van der Waals surface area contributed by atoms with E-state index in [1.165, 1.54) is 21.8 Å². The topological polar surface area (TPSA) is 34.5 Å². The predicted octanol–water partition coefficient (Wildman–Crippen LogP) is 14.9.